The van der Waals surface area contributed by atoms with E-state index in [-0.39, 0.29) is 17.4 Å². The SMILES string of the molecule is CCn1cncc1Cc1nc2sc(C(=O)O)cc2nc1CN1CCC(c2cccc(OCc3ccc(Cl)cc3F)n2)CC1. The number of imidazole rings is 1. The van der Waals surface area contributed by atoms with Crippen LogP contribution in [0.4, 0.5) is 4.39 Å². The molecule has 1 fully saturated rings. The summed E-state index contributed by atoms with van der Waals surface area (Å²) in [4.78, 5) is 33.6. The third-order valence-electron chi connectivity index (χ3n) is 7.73. The number of carboxylic acids is 1. The molecule has 1 aliphatic heterocycles. The van der Waals surface area contributed by atoms with E-state index in [1.807, 2.05) is 24.7 Å². The number of carboxylic acid groups (broad SMARTS) is 1. The number of fused-ring (bicyclic) bond motifs is 1. The number of aryl methyl sites for hydroxylation is 1. The van der Waals surface area contributed by atoms with Gasteiger partial charge in [0.15, 0.2) is 0 Å². The lowest BCUT2D eigenvalue weighted by molar-refractivity contribution is 0.0702. The minimum Gasteiger partial charge on any atom is -0.477 e. The maximum Gasteiger partial charge on any atom is 0.346 e. The first-order valence-corrected chi connectivity index (χ1v) is 15.3. The van der Waals surface area contributed by atoms with Crippen LogP contribution in [-0.2, 0) is 26.1 Å². The zero-order valence-electron chi connectivity index (χ0n) is 23.5. The minimum atomic E-state index is -0.973. The summed E-state index contributed by atoms with van der Waals surface area (Å²) in [6.45, 7) is 5.26. The van der Waals surface area contributed by atoms with E-state index in [1.54, 1.807) is 24.3 Å². The van der Waals surface area contributed by atoms with Crippen molar-refractivity contribution in [2.75, 3.05) is 13.1 Å². The maximum atomic E-state index is 14.2. The third kappa shape index (κ3) is 6.69. The Morgan fingerprint density at radius 3 is 2.74 bits per heavy atom. The second-order valence-electron chi connectivity index (χ2n) is 10.5. The van der Waals surface area contributed by atoms with Crippen LogP contribution in [0.25, 0.3) is 10.3 Å². The number of aromatic nitrogens is 5. The van der Waals surface area contributed by atoms with Gasteiger partial charge in [0.1, 0.15) is 27.6 Å². The molecule has 0 radical (unpaired) electrons. The molecule has 4 aromatic heterocycles. The van der Waals surface area contributed by atoms with Crippen LogP contribution in [0.15, 0.2) is 55.0 Å². The molecule has 222 valence electrons. The number of carbonyl (C=O) groups is 1. The summed E-state index contributed by atoms with van der Waals surface area (Å²) in [5.41, 5.74) is 4.73. The number of halogens is 2. The molecule has 5 heterocycles. The van der Waals surface area contributed by atoms with Crippen LogP contribution in [0.1, 0.15) is 63.7 Å². The van der Waals surface area contributed by atoms with Crippen LogP contribution in [0.5, 0.6) is 5.88 Å². The van der Waals surface area contributed by atoms with Crippen LogP contribution in [0, 0.1) is 5.82 Å². The monoisotopic (exact) mass is 620 g/mol. The predicted octanol–water partition coefficient (Wildman–Crippen LogP) is 6.34. The fourth-order valence-electron chi connectivity index (χ4n) is 5.38. The highest BCUT2D eigenvalue weighted by Crippen LogP contribution is 2.30. The van der Waals surface area contributed by atoms with Crippen molar-refractivity contribution in [1.82, 2.24) is 29.4 Å². The average Bonchev–Trinajstić information content (AvgIpc) is 3.64. The van der Waals surface area contributed by atoms with Gasteiger partial charge in [0.05, 0.1) is 17.7 Å². The molecule has 0 bridgehead atoms. The second-order valence-corrected chi connectivity index (χ2v) is 12.0. The van der Waals surface area contributed by atoms with Gasteiger partial charge in [-0.15, -0.1) is 11.3 Å². The Kier molecular flexibility index (Phi) is 8.64. The maximum absolute atomic E-state index is 14.2. The Hall–Kier alpha value is -3.93. The lowest BCUT2D eigenvalue weighted by Crippen LogP contribution is -2.33. The van der Waals surface area contributed by atoms with Gasteiger partial charge in [0.2, 0.25) is 5.88 Å². The fraction of sp³-hybridized carbons (Fsp3) is 0.323. The van der Waals surface area contributed by atoms with Crippen molar-refractivity contribution in [3.05, 3.63) is 99.0 Å². The van der Waals surface area contributed by atoms with Crippen molar-refractivity contribution in [3.63, 3.8) is 0 Å². The van der Waals surface area contributed by atoms with E-state index in [0.29, 0.717) is 39.8 Å². The zero-order valence-corrected chi connectivity index (χ0v) is 25.1. The fourth-order valence-corrected chi connectivity index (χ4v) is 6.37. The molecular weight excluding hydrogens is 591 g/mol. The second kappa shape index (κ2) is 12.7. The molecule has 1 aliphatic rings. The molecular formula is C31H30ClFN6O3S. The van der Waals surface area contributed by atoms with Gasteiger partial charge in [-0.1, -0.05) is 23.7 Å². The quantitative estimate of drug-likeness (QED) is 0.193. The molecule has 0 aliphatic carbocycles. The van der Waals surface area contributed by atoms with Crippen molar-refractivity contribution >= 4 is 39.3 Å². The molecule has 0 atom stereocenters. The molecule has 43 heavy (non-hydrogen) atoms. The number of aromatic carboxylic acids is 1. The molecule has 1 aromatic carbocycles. The smallest absolute Gasteiger partial charge is 0.346 e. The number of thiophene rings is 1. The van der Waals surface area contributed by atoms with Crippen molar-refractivity contribution in [2.24, 2.45) is 0 Å². The highest BCUT2D eigenvalue weighted by molar-refractivity contribution is 7.20. The van der Waals surface area contributed by atoms with Crippen molar-refractivity contribution in [3.8, 4) is 5.88 Å². The molecule has 6 rings (SSSR count). The van der Waals surface area contributed by atoms with Gasteiger partial charge in [-0.05, 0) is 57.1 Å². The Morgan fingerprint density at radius 1 is 1.14 bits per heavy atom. The van der Waals surface area contributed by atoms with Gasteiger partial charge in [0, 0.05) is 59.7 Å². The molecule has 0 saturated carbocycles. The summed E-state index contributed by atoms with van der Waals surface area (Å²) in [5.74, 6) is -0.640. The van der Waals surface area contributed by atoms with Gasteiger partial charge < -0.3 is 14.4 Å². The Labute approximate surface area is 257 Å². The van der Waals surface area contributed by atoms with E-state index in [4.69, 9.17) is 31.3 Å². The first-order valence-electron chi connectivity index (χ1n) is 14.1. The van der Waals surface area contributed by atoms with Crippen molar-refractivity contribution < 1.29 is 19.0 Å². The van der Waals surface area contributed by atoms with Gasteiger partial charge in [-0.25, -0.2) is 29.1 Å². The molecule has 0 unspecified atom stereocenters. The normalized spacial score (nSPS) is 14.4. The summed E-state index contributed by atoms with van der Waals surface area (Å²) < 4.78 is 22.0. The van der Waals surface area contributed by atoms with Gasteiger partial charge in [-0.2, -0.15) is 0 Å². The van der Waals surface area contributed by atoms with E-state index in [2.05, 4.69) is 21.4 Å². The first-order chi connectivity index (χ1) is 20.9. The summed E-state index contributed by atoms with van der Waals surface area (Å²) in [5, 5.41) is 9.85. The van der Waals surface area contributed by atoms with Gasteiger partial charge in [-0.3, -0.25) is 4.90 Å². The third-order valence-corrected chi connectivity index (χ3v) is 8.97. The Bertz CT molecular complexity index is 1770. The summed E-state index contributed by atoms with van der Waals surface area (Å²) in [6, 6.07) is 11.9. The number of piperidine rings is 1. The number of hydrogen-bond donors (Lipinski definition) is 1. The van der Waals surface area contributed by atoms with Gasteiger partial charge >= 0.3 is 5.97 Å². The van der Waals surface area contributed by atoms with E-state index < -0.39 is 11.8 Å². The molecule has 9 nitrogen and oxygen atoms in total. The minimum absolute atomic E-state index is 0.0722. The number of nitrogens with zero attached hydrogens (tertiary/aromatic N) is 6. The van der Waals surface area contributed by atoms with E-state index in [9.17, 15) is 14.3 Å². The number of hydrogen-bond acceptors (Lipinski definition) is 8. The van der Waals surface area contributed by atoms with E-state index in [0.717, 1.165) is 66.6 Å². The summed E-state index contributed by atoms with van der Waals surface area (Å²) in [7, 11) is 0. The predicted molar refractivity (Wildman–Crippen MR) is 162 cm³/mol. The lowest BCUT2D eigenvalue weighted by atomic mass is 9.93. The molecule has 1 saturated heterocycles. The number of ether oxygens (including phenoxy) is 1. The summed E-state index contributed by atoms with van der Waals surface area (Å²) in [6.07, 6.45) is 6.05. The number of benzene rings is 1. The number of likely N-dealkylation sites (tertiary alicyclic amines) is 1. The number of rotatable bonds is 10. The van der Waals surface area contributed by atoms with Crippen LogP contribution >= 0.6 is 22.9 Å². The molecule has 0 spiro atoms. The van der Waals surface area contributed by atoms with Crippen LogP contribution in [-0.4, -0.2) is 53.6 Å². The number of pyridine rings is 1. The Morgan fingerprint density at radius 2 is 1.98 bits per heavy atom. The highest BCUT2D eigenvalue weighted by Gasteiger charge is 2.24. The van der Waals surface area contributed by atoms with Crippen molar-refractivity contribution in [2.45, 2.75) is 51.8 Å². The average molecular weight is 621 g/mol. The largest absolute Gasteiger partial charge is 0.477 e. The molecule has 5 aromatic rings. The Balaban J connectivity index is 1.14. The van der Waals surface area contributed by atoms with Crippen LogP contribution in [0.2, 0.25) is 5.02 Å². The first kappa shape index (κ1) is 29.2. The summed E-state index contributed by atoms with van der Waals surface area (Å²) >= 11 is 7.00. The van der Waals surface area contributed by atoms with E-state index in [1.165, 1.54) is 6.07 Å². The van der Waals surface area contributed by atoms with Crippen LogP contribution < -0.4 is 4.74 Å². The topological polar surface area (TPSA) is 106 Å². The molecule has 1 N–H and O–H groups in total. The molecule has 12 heteroatoms. The standard InChI is InChI=1S/C31H30ClFN6O3S/c1-2-39-18-34-15-22(39)13-25-27(35-26-14-28(31(40)41)43-30(26)37-25)16-38-10-8-19(9-11-38)24-4-3-5-29(36-24)42-17-20-6-7-21(32)12-23(20)33/h3-7,12,14-15,18-19H,2,8-11,13,16-17H2,1H3,(H,40,41). The van der Waals surface area contributed by atoms with E-state index >= 15 is 0 Å². The highest BCUT2D eigenvalue weighted by atomic mass is 35.5. The van der Waals surface area contributed by atoms with Crippen molar-refractivity contribution in [1.29, 1.82) is 0 Å². The lowest BCUT2D eigenvalue weighted by Gasteiger charge is -2.31. The zero-order chi connectivity index (χ0) is 29.9. The molecule has 0 amide bonds. The van der Waals surface area contributed by atoms with Gasteiger partial charge in [0.25, 0.3) is 0 Å². The van der Waals surface area contributed by atoms with Crippen LogP contribution in [0.3, 0.4) is 0 Å².